The van der Waals surface area contributed by atoms with Crippen molar-refractivity contribution in [3.8, 4) is 0 Å². The molecule has 0 amide bonds. The van der Waals surface area contributed by atoms with Crippen molar-refractivity contribution in [3.05, 3.63) is 40.2 Å². The van der Waals surface area contributed by atoms with Gasteiger partial charge in [-0.25, -0.2) is 13.1 Å². The number of aliphatic hydroxyl groups is 1. The normalized spacial score (nSPS) is 22.3. The highest BCUT2D eigenvalue weighted by atomic mass is 32.2. The number of sulfonamides is 1. The Labute approximate surface area is 133 Å². The summed E-state index contributed by atoms with van der Waals surface area (Å²) in [5, 5.41) is 10.5. The van der Waals surface area contributed by atoms with Crippen LogP contribution in [0.4, 0.5) is 0 Å². The Morgan fingerprint density at radius 2 is 2.13 bits per heavy atom. The maximum absolute atomic E-state index is 12.5. The number of pyridine rings is 1. The first-order valence-corrected chi connectivity index (χ1v) is 8.77. The highest BCUT2D eigenvalue weighted by Gasteiger charge is 2.28. The SMILES string of the molecule is Cc1cc(=O)[nH]c2ccc(S(=O)(=O)N[C@@H]3CCOC[C@H]3O)cc12. The summed E-state index contributed by atoms with van der Waals surface area (Å²) < 4.78 is 32.7. The van der Waals surface area contributed by atoms with Gasteiger partial charge in [-0.1, -0.05) is 0 Å². The largest absolute Gasteiger partial charge is 0.389 e. The molecule has 1 aromatic carbocycles. The highest BCUT2D eigenvalue weighted by Crippen LogP contribution is 2.20. The zero-order chi connectivity index (χ0) is 16.6. The van der Waals surface area contributed by atoms with Gasteiger partial charge in [0, 0.05) is 23.6 Å². The molecule has 2 atom stereocenters. The van der Waals surface area contributed by atoms with Gasteiger partial charge in [0.05, 0.1) is 23.6 Å². The lowest BCUT2D eigenvalue weighted by atomic mass is 10.1. The summed E-state index contributed by atoms with van der Waals surface area (Å²) in [7, 11) is -3.77. The van der Waals surface area contributed by atoms with E-state index in [0.29, 0.717) is 29.5 Å². The number of H-pyrrole nitrogens is 1. The maximum atomic E-state index is 12.5. The van der Waals surface area contributed by atoms with Crippen molar-refractivity contribution in [2.45, 2.75) is 30.4 Å². The van der Waals surface area contributed by atoms with Crippen molar-refractivity contribution in [2.24, 2.45) is 0 Å². The molecule has 2 heterocycles. The molecule has 0 saturated carbocycles. The molecule has 0 aliphatic carbocycles. The van der Waals surface area contributed by atoms with E-state index >= 15 is 0 Å². The van der Waals surface area contributed by atoms with E-state index in [0.717, 1.165) is 0 Å². The Morgan fingerprint density at radius 1 is 1.35 bits per heavy atom. The van der Waals surface area contributed by atoms with Crippen LogP contribution in [0.2, 0.25) is 0 Å². The minimum absolute atomic E-state index is 0.0961. The molecule has 23 heavy (non-hydrogen) atoms. The summed E-state index contributed by atoms with van der Waals surface area (Å²) in [6.45, 7) is 2.27. The van der Waals surface area contributed by atoms with E-state index in [-0.39, 0.29) is 17.1 Å². The number of hydrogen-bond donors (Lipinski definition) is 3. The molecule has 8 heteroatoms. The van der Waals surface area contributed by atoms with Gasteiger partial charge in [-0.05, 0) is 37.1 Å². The van der Waals surface area contributed by atoms with E-state index < -0.39 is 22.2 Å². The van der Waals surface area contributed by atoms with Crippen molar-refractivity contribution in [2.75, 3.05) is 13.2 Å². The number of aryl methyl sites for hydroxylation is 1. The molecule has 0 bridgehead atoms. The lowest BCUT2D eigenvalue weighted by Crippen LogP contribution is -2.48. The first kappa shape index (κ1) is 16.1. The molecule has 7 nitrogen and oxygen atoms in total. The summed E-state index contributed by atoms with van der Waals surface area (Å²) in [6, 6.07) is 5.38. The van der Waals surface area contributed by atoms with Crippen LogP contribution >= 0.6 is 0 Å². The Bertz CT molecular complexity index is 890. The van der Waals surface area contributed by atoms with Gasteiger partial charge in [0.15, 0.2) is 0 Å². The van der Waals surface area contributed by atoms with Crippen LogP contribution in [0, 0.1) is 6.92 Å². The number of fused-ring (bicyclic) bond motifs is 1. The van der Waals surface area contributed by atoms with Crippen molar-refractivity contribution in [1.29, 1.82) is 0 Å². The zero-order valence-electron chi connectivity index (χ0n) is 12.6. The van der Waals surface area contributed by atoms with E-state index in [1.807, 2.05) is 0 Å². The van der Waals surface area contributed by atoms with Crippen LogP contribution < -0.4 is 10.3 Å². The predicted molar refractivity (Wildman–Crippen MR) is 84.9 cm³/mol. The van der Waals surface area contributed by atoms with Crippen molar-refractivity contribution in [3.63, 3.8) is 0 Å². The van der Waals surface area contributed by atoms with Crippen LogP contribution in [-0.4, -0.2) is 43.9 Å². The minimum atomic E-state index is -3.77. The number of nitrogens with one attached hydrogen (secondary N) is 2. The molecular formula is C15H18N2O5S. The summed E-state index contributed by atoms with van der Waals surface area (Å²) in [5.41, 5.74) is 1.06. The minimum Gasteiger partial charge on any atom is -0.389 e. The van der Waals surface area contributed by atoms with Crippen LogP contribution in [0.1, 0.15) is 12.0 Å². The molecule has 3 N–H and O–H groups in total. The number of rotatable bonds is 3. The van der Waals surface area contributed by atoms with Crippen LogP contribution in [0.25, 0.3) is 10.9 Å². The Balaban J connectivity index is 1.96. The van der Waals surface area contributed by atoms with Gasteiger partial charge in [-0.3, -0.25) is 4.79 Å². The third-order valence-electron chi connectivity index (χ3n) is 3.96. The number of aromatic amines is 1. The maximum Gasteiger partial charge on any atom is 0.248 e. The van der Waals surface area contributed by atoms with Gasteiger partial charge >= 0.3 is 0 Å². The molecule has 3 rings (SSSR count). The summed E-state index contributed by atoms with van der Waals surface area (Å²) in [6.07, 6.45) is -0.447. The van der Waals surface area contributed by atoms with Crippen molar-refractivity contribution < 1.29 is 18.3 Å². The third kappa shape index (κ3) is 3.30. The van der Waals surface area contributed by atoms with E-state index in [2.05, 4.69) is 9.71 Å². The van der Waals surface area contributed by atoms with Gasteiger partial charge in [0.25, 0.3) is 0 Å². The smallest absolute Gasteiger partial charge is 0.248 e. The van der Waals surface area contributed by atoms with Gasteiger partial charge in [-0.2, -0.15) is 0 Å². The number of ether oxygens (including phenoxy) is 1. The number of hydrogen-bond acceptors (Lipinski definition) is 5. The van der Waals surface area contributed by atoms with Crippen LogP contribution in [0.5, 0.6) is 0 Å². The van der Waals surface area contributed by atoms with Crippen LogP contribution in [0.3, 0.4) is 0 Å². The van der Waals surface area contributed by atoms with E-state index in [4.69, 9.17) is 4.74 Å². The summed E-state index contributed by atoms with van der Waals surface area (Å²) >= 11 is 0. The molecule has 1 aromatic heterocycles. The van der Waals surface area contributed by atoms with E-state index in [1.165, 1.54) is 18.2 Å². The third-order valence-corrected chi connectivity index (χ3v) is 5.45. The van der Waals surface area contributed by atoms with Gasteiger partial charge in [-0.15, -0.1) is 0 Å². The fraction of sp³-hybridized carbons (Fsp3) is 0.400. The average Bonchev–Trinajstić information content (AvgIpc) is 2.49. The number of benzene rings is 1. The predicted octanol–water partition coefficient (Wildman–Crippen LogP) is 0.265. The molecule has 1 saturated heterocycles. The standard InChI is InChI=1S/C15H18N2O5S/c1-9-6-15(19)16-12-3-2-10(7-11(9)12)23(20,21)17-13-4-5-22-8-14(13)18/h2-3,6-7,13-14,17-18H,4-5,8H2,1H3,(H,16,19)/t13-,14-/m1/s1. The van der Waals surface area contributed by atoms with Gasteiger partial charge < -0.3 is 14.8 Å². The molecule has 1 aliphatic heterocycles. The fourth-order valence-corrected chi connectivity index (χ4v) is 4.03. The first-order chi connectivity index (χ1) is 10.9. The highest BCUT2D eigenvalue weighted by molar-refractivity contribution is 7.89. The fourth-order valence-electron chi connectivity index (χ4n) is 2.70. The number of aromatic nitrogens is 1. The molecular weight excluding hydrogens is 320 g/mol. The molecule has 0 radical (unpaired) electrons. The zero-order valence-corrected chi connectivity index (χ0v) is 13.4. The van der Waals surface area contributed by atoms with E-state index in [1.54, 1.807) is 13.0 Å². The second kappa shape index (κ2) is 6.04. The lowest BCUT2D eigenvalue weighted by molar-refractivity contribution is -0.0222. The summed E-state index contributed by atoms with van der Waals surface area (Å²) in [4.78, 5) is 14.2. The Morgan fingerprint density at radius 3 is 2.87 bits per heavy atom. The van der Waals surface area contributed by atoms with Gasteiger partial charge in [0.1, 0.15) is 0 Å². The molecule has 0 spiro atoms. The lowest BCUT2D eigenvalue weighted by Gasteiger charge is -2.28. The summed E-state index contributed by atoms with van der Waals surface area (Å²) in [5.74, 6) is 0. The number of aliphatic hydroxyl groups excluding tert-OH is 1. The van der Waals surface area contributed by atoms with Crippen LogP contribution in [-0.2, 0) is 14.8 Å². The molecule has 0 unspecified atom stereocenters. The molecule has 1 fully saturated rings. The van der Waals surface area contributed by atoms with Crippen molar-refractivity contribution >= 4 is 20.9 Å². The molecule has 124 valence electrons. The first-order valence-electron chi connectivity index (χ1n) is 7.29. The van der Waals surface area contributed by atoms with Crippen molar-refractivity contribution in [1.82, 2.24) is 9.71 Å². The monoisotopic (exact) mass is 338 g/mol. The average molecular weight is 338 g/mol. The van der Waals surface area contributed by atoms with E-state index in [9.17, 15) is 18.3 Å². The topological polar surface area (TPSA) is 108 Å². The quantitative estimate of drug-likeness (QED) is 0.744. The molecule has 2 aromatic rings. The molecule has 1 aliphatic rings. The second-order valence-electron chi connectivity index (χ2n) is 5.68. The Hall–Kier alpha value is -1.74. The Kier molecular flexibility index (Phi) is 4.24. The van der Waals surface area contributed by atoms with Gasteiger partial charge in [0.2, 0.25) is 15.6 Å². The second-order valence-corrected chi connectivity index (χ2v) is 7.40. The van der Waals surface area contributed by atoms with Crippen LogP contribution in [0.15, 0.2) is 34.0 Å².